The van der Waals surface area contributed by atoms with Gasteiger partial charge in [0.05, 0.1) is 6.04 Å². The van der Waals surface area contributed by atoms with Crippen LogP contribution in [0.15, 0.2) is 4.99 Å². The van der Waals surface area contributed by atoms with Gasteiger partial charge in [0, 0.05) is 6.42 Å². The van der Waals surface area contributed by atoms with Crippen molar-refractivity contribution < 1.29 is 4.74 Å². The maximum absolute atomic E-state index is 5.81. The van der Waals surface area contributed by atoms with E-state index in [4.69, 9.17) is 9.73 Å². The highest BCUT2D eigenvalue weighted by Gasteiger charge is 2.30. The van der Waals surface area contributed by atoms with Gasteiger partial charge in [-0.2, -0.15) is 0 Å². The third-order valence-corrected chi connectivity index (χ3v) is 4.60. The van der Waals surface area contributed by atoms with Gasteiger partial charge in [0.25, 0.3) is 0 Å². The average Bonchev–Trinajstić information content (AvgIpc) is 3.00. The zero-order valence-corrected chi connectivity index (χ0v) is 10.7. The van der Waals surface area contributed by atoms with E-state index in [0.717, 1.165) is 30.8 Å². The molecule has 3 aliphatic rings. The van der Waals surface area contributed by atoms with Crippen molar-refractivity contribution in [2.75, 3.05) is 19.7 Å². The summed E-state index contributed by atoms with van der Waals surface area (Å²) in [7, 11) is 0. The van der Waals surface area contributed by atoms with Crippen LogP contribution in [-0.4, -0.2) is 31.6 Å². The molecule has 3 rings (SSSR count). The van der Waals surface area contributed by atoms with Crippen LogP contribution in [0.25, 0.3) is 0 Å². The lowest BCUT2D eigenvalue weighted by atomic mass is 9.94. The molecular weight excluding hydrogens is 212 g/mol. The summed E-state index contributed by atoms with van der Waals surface area (Å²) in [6.45, 7) is 3.21. The first kappa shape index (κ1) is 11.5. The Kier molecular flexibility index (Phi) is 3.65. The molecule has 0 radical (unpaired) electrons. The largest absolute Gasteiger partial charge is 0.479 e. The highest BCUT2D eigenvalue weighted by atomic mass is 16.5. The van der Waals surface area contributed by atoms with Gasteiger partial charge in [0.2, 0.25) is 0 Å². The van der Waals surface area contributed by atoms with Crippen molar-refractivity contribution in [1.29, 1.82) is 0 Å². The van der Waals surface area contributed by atoms with Crippen molar-refractivity contribution in [3.05, 3.63) is 0 Å². The van der Waals surface area contributed by atoms with E-state index < -0.39 is 0 Å². The summed E-state index contributed by atoms with van der Waals surface area (Å²) in [5.41, 5.74) is 0. The fourth-order valence-electron chi connectivity index (χ4n) is 3.47. The summed E-state index contributed by atoms with van der Waals surface area (Å²) in [6.07, 6.45) is 9.22. The van der Waals surface area contributed by atoms with E-state index in [1.807, 2.05) is 0 Å². The predicted molar refractivity (Wildman–Crippen MR) is 69.3 cm³/mol. The fourth-order valence-corrected chi connectivity index (χ4v) is 3.47. The Morgan fingerprint density at radius 1 is 1.12 bits per heavy atom. The van der Waals surface area contributed by atoms with Gasteiger partial charge in [-0.25, -0.2) is 4.99 Å². The lowest BCUT2D eigenvalue weighted by molar-refractivity contribution is 0.265. The third kappa shape index (κ3) is 2.82. The van der Waals surface area contributed by atoms with Crippen LogP contribution >= 0.6 is 0 Å². The molecule has 1 atom stereocenters. The van der Waals surface area contributed by atoms with Crippen LogP contribution in [0.1, 0.15) is 44.9 Å². The predicted octanol–water partition coefficient (Wildman–Crippen LogP) is 2.36. The van der Waals surface area contributed by atoms with Gasteiger partial charge in [0.15, 0.2) is 5.90 Å². The number of hydrogen-bond acceptors (Lipinski definition) is 3. The molecule has 1 N–H and O–H groups in total. The molecule has 3 nitrogen and oxygen atoms in total. The third-order valence-electron chi connectivity index (χ3n) is 4.60. The van der Waals surface area contributed by atoms with E-state index in [1.54, 1.807) is 0 Å². The fraction of sp³-hybridized carbons (Fsp3) is 0.929. The minimum Gasteiger partial charge on any atom is -0.479 e. The number of nitrogens with one attached hydrogen (secondary N) is 1. The Bertz CT molecular complexity index is 278. The molecule has 0 amide bonds. The first-order valence-corrected chi connectivity index (χ1v) is 7.32. The molecule has 1 saturated heterocycles. The number of ether oxygens (including phenoxy) is 1. The molecule has 0 bridgehead atoms. The van der Waals surface area contributed by atoms with E-state index >= 15 is 0 Å². The molecule has 3 heteroatoms. The molecule has 17 heavy (non-hydrogen) atoms. The first-order valence-electron chi connectivity index (χ1n) is 7.32. The summed E-state index contributed by atoms with van der Waals surface area (Å²) in [4.78, 5) is 4.84. The summed E-state index contributed by atoms with van der Waals surface area (Å²) in [5.74, 6) is 2.69. The summed E-state index contributed by atoms with van der Waals surface area (Å²) >= 11 is 0. The highest BCUT2D eigenvalue weighted by molar-refractivity contribution is 5.78. The van der Waals surface area contributed by atoms with Crippen molar-refractivity contribution in [2.24, 2.45) is 16.8 Å². The van der Waals surface area contributed by atoms with E-state index in [1.165, 1.54) is 51.6 Å². The SMILES string of the molecule is C1CCC(C2COC(CC3CCNCC3)=N2)C1. The van der Waals surface area contributed by atoms with Gasteiger partial charge in [-0.1, -0.05) is 12.8 Å². The minimum atomic E-state index is 0.495. The van der Waals surface area contributed by atoms with Crippen LogP contribution < -0.4 is 5.32 Å². The number of piperidine rings is 1. The van der Waals surface area contributed by atoms with Gasteiger partial charge in [-0.3, -0.25) is 0 Å². The van der Waals surface area contributed by atoms with Crippen molar-refractivity contribution in [3.63, 3.8) is 0 Å². The van der Waals surface area contributed by atoms with Crippen LogP contribution in [0.5, 0.6) is 0 Å². The number of rotatable bonds is 3. The van der Waals surface area contributed by atoms with Gasteiger partial charge < -0.3 is 10.1 Å². The molecule has 1 saturated carbocycles. The smallest absolute Gasteiger partial charge is 0.183 e. The number of hydrogen-bond donors (Lipinski definition) is 1. The molecule has 2 aliphatic heterocycles. The summed E-state index contributed by atoms with van der Waals surface area (Å²) in [6, 6.07) is 0.495. The van der Waals surface area contributed by atoms with Crippen molar-refractivity contribution in [1.82, 2.24) is 5.32 Å². The van der Waals surface area contributed by atoms with Gasteiger partial charge >= 0.3 is 0 Å². The van der Waals surface area contributed by atoms with E-state index in [0.29, 0.717) is 6.04 Å². The van der Waals surface area contributed by atoms with Crippen LogP contribution in [-0.2, 0) is 4.74 Å². The van der Waals surface area contributed by atoms with Crippen LogP contribution in [0, 0.1) is 11.8 Å². The summed E-state index contributed by atoms with van der Waals surface area (Å²) in [5, 5.41) is 3.41. The second-order valence-corrected chi connectivity index (χ2v) is 5.84. The lowest BCUT2D eigenvalue weighted by Gasteiger charge is -2.21. The Hall–Kier alpha value is -0.570. The van der Waals surface area contributed by atoms with Crippen molar-refractivity contribution in [3.8, 4) is 0 Å². The molecule has 0 aromatic heterocycles. The molecule has 1 unspecified atom stereocenters. The maximum Gasteiger partial charge on any atom is 0.183 e. The van der Waals surface area contributed by atoms with Crippen molar-refractivity contribution >= 4 is 5.90 Å². The average molecular weight is 236 g/mol. The zero-order chi connectivity index (χ0) is 11.5. The van der Waals surface area contributed by atoms with E-state index in [2.05, 4.69) is 5.32 Å². The standard InChI is InChI=1S/C14H24N2O/c1-2-4-12(3-1)13-10-17-14(16-13)9-11-5-7-15-8-6-11/h11-13,15H,1-10H2. The van der Waals surface area contributed by atoms with Crippen LogP contribution in [0.4, 0.5) is 0 Å². The molecule has 96 valence electrons. The minimum absolute atomic E-state index is 0.495. The molecule has 2 fully saturated rings. The zero-order valence-electron chi connectivity index (χ0n) is 10.7. The Labute approximate surface area is 104 Å². The van der Waals surface area contributed by atoms with Gasteiger partial charge in [-0.15, -0.1) is 0 Å². The second-order valence-electron chi connectivity index (χ2n) is 5.84. The van der Waals surface area contributed by atoms with Gasteiger partial charge in [0.1, 0.15) is 6.61 Å². The first-order chi connectivity index (χ1) is 8.42. The quantitative estimate of drug-likeness (QED) is 0.816. The Morgan fingerprint density at radius 3 is 2.65 bits per heavy atom. The topological polar surface area (TPSA) is 33.6 Å². The molecule has 1 aliphatic carbocycles. The van der Waals surface area contributed by atoms with Crippen molar-refractivity contribution in [2.45, 2.75) is 51.0 Å². The summed E-state index contributed by atoms with van der Waals surface area (Å²) < 4.78 is 5.81. The Morgan fingerprint density at radius 2 is 1.88 bits per heavy atom. The van der Waals surface area contributed by atoms with Crippen LogP contribution in [0.2, 0.25) is 0 Å². The molecule has 0 aromatic rings. The van der Waals surface area contributed by atoms with E-state index in [9.17, 15) is 0 Å². The highest BCUT2D eigenvalue weighted by Crippen LogP contribution is 2.32. The number of nitrogens with zero attached hydrogens (tertiary/aromatic N) is 1. The number of aliphatic imine (C=N–C) groups is 1. The maximum atomic E-state index is 5.81. The molecule has 0 aromatic carbocycles. The van der Waals surface area contributed by atoms with Gasteiger partial charge in [-0.05, 0) is 50.6 Å². The monoisotopic (exact) mass is 236 g/mol. The van der Waals surface area contributed by atoms with E-state index in [-0.39, 0.29) is 0 Å². The normalized spacial score (nSPS) is 31.5. The lowest BCUT2D eigenvalue weighted by Crippen LogP contribution is -2.28. The molecule has 2 heterocycles. The molecule has 0 spiro atoms. The Balaban J connectivity index is 1.51. The molecular formula is C14H24N2O. The van der Waals surface area contributed by atoms with Crippen LogP contribution in [0.3, 0.4) is 0 Å². The second kappa shape index (κ2) is 5.38.